The highest BCUT2D eigenvalue weighted by Crippen LogP contribution is 2.18. The summed E-state index contributed by atoms with van der Waals surface area (Å²) in [6, 6.07) is 9.41. The zero-order chi connectivity index (χ0) is 15.9. The SMILES string of the molecule is CCN(CCN1C(=O)CSC1=O)C(=O)OCc1ccccc1. The van der Waals surface area contributed by atoms with E-state index in [-0.39, 0.29) is 36.6 Å². The lowest BCUT2D eigenvalue weighted by Crippen LogP contribution is -2.40. The molecule has 118 valence electrons. The monoisotopic (exact) mass is 322 g/mol. The minimum absolute atomic E-state index is 0.184. The number of thioether (sulfide) groups is 1. The lowest BCUT2D eigenvalue weighted by molar-refractivity contribution is -0.124. The van der Waals surface area contributed by atoms with Gasteiger partial charge in [-0.25, -0.2) is 4.79 Å². The topological polar surface area (TPSA) is 66.9 Å². The molecule has 2 rings (SSSR count). The second kappa shape index (κ2) is 7.84. The van der Waals surface area contributed by atoms with E-state index in [1.807, 2.05) is 37.3 Å². The van der Waals surface area contributed by atoms with Gasteiger partial charge in [-0.05, 0) is 12.5 Å². The van der Waals surface area contributed by atoms with Crippen LogP contribution in [0.2, 0.25) is 0 Å². The number of amides is 3. The maximum atomic E-state index is 12.0. The maximum absolute atomic E-state index is 12.0. The molecule has 1 fully saturated rings. The van der Waals surface area contributed by atoms with Crippen LogP contribution >= 0.6 is 11.8 Å². The average Bonchev–Trinajstić information content (AvgIpc) is 2.86. The maximum Gasteiger partial charge on any atom is 0.410 e. The Morgan fingerprint density at radius 2 is 2.05 bits per heavy atom. The molecule has 1 heterocycles. The highest BCUT2D eigenvalue weighted by molar-refractivity contribution is 8.14. The molecule has 0 atom stereocenters. The van der Waals surface area contributed by atoms with Crippen LogP contribution in [-0.4, -0.2) is 52.4 Å². The number of carbonyl (C=O) groups is 3. The highest BCUT2D eigenvalue weighted by atomic mass is 32.2. The van der Waals surface area contributed by atoms with Gasteiger partial charge in [0.15, 0.2) is 0 Å². The van der Waals surface area contributed by atoms with E-state index in [1.54, 1.807) is 0 Å². The lowest BCUT2D eigenvalue weighted by atomic mass is 10.2. The van der Waals surface area contributed by atoms with Crippen LogP contribution in [0.5, 0.6) is 0 Å². The van der Waals surface area contributed by atoms with Crippen LogP contribution in [0.25, 0.3) is 0 Å². The molecule has 0 aliphatic carbocycles. The van der Waals surface area contributed by atoms with Crippen LogP contribution in [0.3, 0.4) is 0 Å². The molecule has 1 aliphatic rings. The molecule has 22 heavy (non-hydrogen) atoms. The molecule has 0 aromatic heterocycles. The van der Waals surface area contributed by atoms with Crippen molar-refractivity contribution in [2.75, 3.05) is 25.4 Å². The van der Waals surface area contributed by atoms with Gasteiger partial charge in [-0.15, -0.1) is 0 Å². The molecule has 0 radical (unpaired) electrons. The van der Waals surface area contributed by atoms with Gasteiger partial charge in [0.1, 0.15) is 6.61 Å². The molecule has 3 amide bonds. The van der Waals surface area contributed by atoms with Gasteiger partial charge in [0, 0.05) is 19.6 Å². The Kier molecular flexibility index (Phi) is 5.83. The fourth-order valence-electron chi connectivity index (χ4n) is 2.01. The van der Waals surface area contributed by atoms with Gasteiger partial charge in [-0.3, -0.25) is 14.5 Å². The number of benzene rings is 1. The summed E-state index contributed by atoms with van der Waals surface area (Å²) < 4.78 is 5.24. The van der Waals surface area contributed by atoms with Crippen molar-refractivity contribution >= 4 is 29.0 Å². The Hall–Kier alpha value is -2.02. The summed E-state index contributed by atoms with van der Waals surface area (Å²) in [4.78, 5) is 37.7. The average molecular weight is 322 g/mol. The smallest absolute Gasteiger partial charge is 0.410 e. The predicted octanol–water partition coefficient (Wildman–Crippen LogP) is 2.34. The molecule has 1 aromatic rings. The number of hydrogen-bond donors (Lipinski definition) is 0. The second-order valence-electron chi connectivity index (χ2n) is 4.72. The molecular formula is C15H18N2O4S. The third kappa shape index (κ3) is 4.24. The summed E-state index contributed by atoms with van der Waals surface area (Å²) in [5.74, 6) is -0.0210. The number of likely N-dealkylation sites (N-methyl/N-ethyl adjacent to an activating group) is 1. The zero-order valence-electron chi connectivity index (χ0n) is 12.4. The van der Waals surface area contributed by atoms with Crippen LogP contribution in [0, 0.1) is 0 Å². The molecule has 1 aliphatic heterocycles. The van der Waals surface area contributed by atoms with Gasteiger partial charge in [-0.2, -0.15) is 0 Å². The summed E-state index contributed by atoms with van der Waals surface area (Å²) in [6.07, 6.45) is -0.446. The molecule has 0 bridgehead atoms. The summed E-state index contributed by atoms with van der Waals surface area (Å²) in [6.45, 7) is 2.97. The van der Waals surface area contributed by atoms with Crippen molar-refractivity contribution in [3.63, 3.8) is 0 Å². The van der Waals surface area contributed by atoms with Gasteiger partial charge in [0.2, 0.25) is 5.91 Å². The third-order valence-corrected chi connectivity index (χ3v) is 4.14. The zero-order valence-corrected chi connectivity index (χ0v) is 13.2. The third-order valence-electron chi connectivity index (χ3n) is 3.28. The van der Waals surface area contributed by atoms with Crippen LogP contribution in [-0.2, 0) is 16.1 Å². The highest BCUT2D eigenvalue weighted by Gasteiger charge is 2.30. The van der Waals surface area contributed by atoms with E-state index in [0.29, 0.717) is 6.54 Å². The normalized spacial score (nSPS) is 14.3. The summed E-state index contributed by atoms with van der Waals surface area (Å²) in [5.41, 5.74) is 0.910. The van der Waals surface area contributed by atoms with E-state index < -0.39 is 6.09 Å². The molecule has 0 N–H and O–H groups in total. The van der Waals surface area contributed by atoms with Crippen molar-refractivity contribution in [3.8, 4) is 0 Å². The van der Waals surface area contributed by atoms with E-state index in [0.717, 1.165) is 17.3 Å². The van der Waals surface area contributed by atoms with Crippen LogP contribution in [0.15, 0.2) is 30.3 Å². The molecule has 6 nitrogen and oxygen atoms in total. The van der Waals surface area contributed by atoms with Crippen molar-refractivity contribution in [2.45, 2.75) is 13.5 Å². The summed E-state index contributed by atoms with van der Waals surface area (Å²) in [7, 11) is 0. The fourth-order valence-corrected chi connectivity index (χ4v) is 2.76. The predicted molar refractivity (Wildman–Crippen MR) is 83.4 cm³/mol. The van der Waals surface area contributed by atoms with Crippen molar-refractivity contribution in [2.24, 2.45) is 0 Å². The van der Waals surface area contributed by atoms with Gasteiger partial charge < -0.3 is 9.64 Å². The first-order chi connectivity index (χ1) is 10.6. The van der Waals surface area contributed by atoms with Crippen molar-refractivity contribution in [1.82, 2.24) is 9.80 Å². The van der Waals surface area contributed by atoms with Crippen LogP contribution < -0.4 is 0 Å². The first-order valence-corrected chi connectivity index (χ1v) is 8.03. The van der Waals surface area contributed by atoms with Crippen molar-refractivity contribution in [1.29, 1.82) is 0 Å². The largest absolute Gasteiger partial charge is 0.445 e. The minimum Gasteiger partial charge on any atom is -0.445 e. The quantitative estimate of drug-likeness (QED) is 0.804. The number of carbonyl (C=O) groups excluding carboxylic acids is 3. The molecule has 0 spiro atoms. The minimum atomic E-state index is -0.446. The Morgan fingerprint density at radius 1 is 1.32 bits per heavy atom. The van der Waals surface area contributed by atoms with Crippen LogP contribution in [0.1, 0.15) is 12.5 Å². The van der Waals surface area contributed by atoms with E-state index >= 15 is 0 Å². The molecule has 1 saturated heterocycles. The Balaban J connectivity index is 1.81. The summed E-state index contributed by atoms with van der Waals surface area (Å²) in [5, 5.41) is -0.251. The molecule has 7 heteroatoms. The molecule has 0 unspecified atom stereocenters. The Labute approximate surface area is 133 Å². The number of ether oxygens (including phenoxy) is 1. The van der Waals surface area contributed by atoms with E-state index in [2.05, 4.69) is 0 Å². The van der Waals surface area contributed by atoms with Gasteiger partial charge in [0.05, 0.1) is 5.75 Å². The van der Waals surface area contributed by atoms with Gasteiger partial charge in [0.25, 0.3) is 5.24 Å². The second-order valence-corrected chi connectivity index (χ2v) is 5.65. The summed E-state index contributed by atoms with van der Waals surface area (Å²) >= 11 is 0.991. The van der Waals surface area contributed by atoms with E-state index in [1.165, 1.54) is 9.80 Å². The van der Waals surface area contributed by atoms with E-state index in [9.17, 15) is 14.4 Å². The van der Waals surface area contributed by atoms with Crippen molar-refractivity contribution < 1.29 is 19.1 Å². The standard InChI is InChI=1S/C15H18N2O4S/c1-2-16(8-9-17-13(18)11-22-15(17)20)14(19)21-10-12-6-4-3-5-7-12/h3-7H,2,8-11H2,1H3. The van der Waals surface area contributed by atoms with Gasteiger partial charge in [-0.1, -0.05) is 42.1 Å². The number of imide groups is 1. The molecule has 1 aromatic carbocycles. The Bertz CT molecular complexity index is 534. The van der Waals surface area contributed by atoms with Crippen molar-refractivity contribution in [3.05, 3.63) is 35.9 Å². The lowest BCUT2D eigenvalue weighted by Gasteiger charge is -2.22. The first kappa shape index (κ1) is 16.4. The Morgan fingerprint density at radius 3 is 2.64 bits per heavy atom. The molecular weight excluding hydrogens is 304 g/mol. The number of nitrogens with zero attached hydrogens (tertiary/aromatic N) is 2. The fraction of sp³-hybridized carbons (Fsp3) is 0.400. The molecule has 0 saturated carbocycles. The van der Waals surface area contributed by atoms with Gasteiger partial charge >= 0.3 is 6.09 Å². The first-order valence-electron chi connectivity index (χ1n) is 7.04. The van der Waals surface area contributed by atoms with E-state index in [4.69, 9.17) is 4.74 Å². The van der Waals surface area contributed by atoms with Crippen LogP contribution in [0.4, 0.5) is 9.59 Å². The number of hydrogen-bond acceptors (Lipinski definition) is 5. The number of rotatable bonds is 6.